The first-order valence-corrected chi connectivity index (χ1v) is 18.7. The SMILES string of the molecule is CCOCCC(=O)Oc1c2cccc(OC3OC=C4OC(c5ccccc5)OC4C3OC3OC(C)C(O)CC3O)c2c2oc(=O)c3c(C)ccc4oc(=O)c1c2c43. The van der Waals surface area contributed by atoms with E-state index in [1.54, 1.807) is 51.1 Å². The summed E-state index contributed by atoms with van der Waals surface area (Å²) >= 11 is 0. The van der Waals surface area contributed by atoms with Crippen LogP contribution in [-0.2, 0) is 33.2 Å². The van der Waals surface area contributed by atoms with E-state index in [0.29, 0.717) is 23.3 Å². The average Bonchev–Trinajstić information content (AvgIpc) is 3.64. The molecule has 6 aromatic rings. The zero-order valence-electron chi connectivity index (χ0n) is 31.0. The van der Waals surface area contributed by atoms with Gasteiger partial charge in [0.2, 0.25) is 6.29 Å². The van der Waals surface area contributed by atoms with Gasteiger partial charge in [-0.2, -0.15) is 0 Å². The molecule has 0 spiro atoms. The van der Waals surface area contributed by atoms with Gasteiger partial charge in [0.1, 0.15) is 29.1 Å². The topological polar surface area (TPSA) is 192 Å². The molecule has 0 radical (unpaired) electrons. The highest BCUT2D eigenvalue weighted by molar-refractivity contribution is 6.29. The van der Waals surface area contributed by atoms with E-state index < -0.39 is 66.6 Å². The van der Waals surface area contributed by atoms with Gasteiger partial charge in [0.05, 0.1) is 36.0 Å². The Morgan fingerprint density at radius 2 is 1.67 bits per heavy atom. The molecule has 15 nitrogen and oxygen atoms in total. The van der Waals surface area contributed by atoms with Gasteiger partial charge in [-0.15, -0.1) is 0 Å². The Bertz CT molecular complexity index is 2630. The second-order valence-electron chi connectivity index (χ2n) is 14.2. The quantitative estimate of drug-likeness (QED) is 0.0459. The number of carbonyl (C=O) groups is 1. The summed E-state index contributed by atoms with van der Waals surface area (Å²) in [7, 11) is 0. The molecule has 57 heavy (non-hydrogen) atoms. The predicted molar refractivity (Wildman–Crippen MR) is 201 cm³/mol. The molecule has 2 saturated heterocycles. The molecule has 0 bridgehead atoms. The maximum Gasteiger partial charge on any atom is 0.348 e. The van der Waals surface area contributed by atoms with Gasteiger partial charge in [-0.25, -0.2) is 9.59 Å². The van der Waals surface area contributed by atoms with Gasteiger partial charge in [-0.3, -0.25) is 4.79 Å². The number of rotatable bonds is 10. The van der Waals surface area contributed by atoms with Crippen LogP contribution in [0.3, 0.4) is 0 Å². The van der Waals surface area contributed by atoms with Crippen LogP contribution in [0.5, 0.6) is 11.5 Å². The fourth-order valence-electron chi connectivity index (χ4n) is 7.66. The van der Waals surface area contributed by atoms with Crippen LogP contribution in [0.25, 0.3) is 43.5 Å². The van der Waals surface area contributed by atoms with Crippen molar-refractivity contribution in [3.05, 3.63) is 105 Å². The summed E-state index contributed by atoms with van der Waals surface area (Å²) in [6.07, 6.45) is -7.06. The van der Waals surface area contributed by atoms with E-state index in [0.717, 1.165) is 5.56 Å². The van der Waals surface area contributed by atoms with Crippen molar-refractivity contribution in [3.8, 4) is 11.5 Å². The highest BCUT2D eigenvalue weighted by Crippen LogP contribution is 2.47. The molecule has 3 aliphatic rings. The Hall–Kier alpha value is -5.55. The largest absolute Gasteiger partial charge is 0.459 e. The molecule has 5 heterocycles. The number of hydrogen-bond donors (Lipinski definition) is 2. The van der Waals surface area contributed by atoms with Crippen LogP contribution < -0.4 is 20.7 Å². The number of hydrogen-bond acceptors (Lipinski definition) is 15. The summed E-state index contributed by atoms with van der Waals surface area (Å²) in [5.74, 6) is -0.422. The van der Waals surface area contributed by atoms with Crippen molar-refractivity contribution in [1.82, 2.24) is 0 Å². The molecule has 0 aliphatic carbocycles. The standard InChI is InChI=1S/C42H38O15/c1-4-48-16-15-28(45)54-34-22-11-8-12-25(30(22)36-32-31-26(51-39(47)33(32)34)14-13-19(2)29(31)38(46)55-36)52-42-37(57-41-24(44)17-23(43)20(3)50-41)35-27(18-49-42)53-40(56-35)21-9-6-5-7-10-21/h5-14,18,20,23-24,35,37,40-44H,4,15-17H2,1-3H3. The van der Waals surface area contributed by atoms with Crippen LogP contribution in [0.15, 0.2) is 91.1 Å². The lowest BCUT2D eigenvalue weighted by Gasteiger charge is -2.40. The van der Waals surface area contributed by atoms with E-state index in [4.69, 9.17) is 46.7 Å². The molecule has 0 saturated carbocycles. The Morgan fingerprint density at radius 1 is 0.860 bits per heavy atom. The third-order valence-corrected chi connectivity index (χ3v) is 10.5. The van der Waals surface area contributed by atoms with Crippen molar-refractivity contribution in [2.45, 2.75) is 83.0 Å². The summed E-state index contributed by atoms with van der Waals surface area (Å²) in [5, 5.41) is 22.3. The van der Waals surface area contributed by atoms with E-state index in [-0.39, 0.29) is 69.0 Å². The summed E-state index contributed by atoms with van der Waals surface area (Å²) in [5.41, 5.74) is -0.0846. The molecule has 296 valence electrons. The van der Waals surface area contributed by atoms with Gasteiger partial charge in [0, 0.05) is 34.7 Å². The smallest absolute Gasteiger partial charge is 0.348 e. The van der Waals surface area contributed by atoms with Crippen molar-refractivity contribution in [2.24, 2.45) is 0 Å². The van der Waals surface area contributed by atoms with Crippen LogP contribution in [0.4, 0.5) is 0 Å². The molecular formula is C42H38O15. The number of carbonyl (C=O) groups excluding carboxylic acids is 1. The number of esters is 1. The van der Waals surface area contributed by atoms with Crippen LogP contribution in [0.1, 0.15) is 44.1 Å². The lowest BCUT2D eigenvalue weighted by molar-refractivity contribution is -0.308. The minimum Gasteiger partial charge on any atom is -0.459 e. The Labute approximate surface area is 323 Å². The van der Waals surface area contributed by atoms with Crippen LogP contribution in [0, 0.1) is 6.92 Å². The molecule has 8 unspecified atom stereocenters. The van der Waals surface area contributed by atoms with Crippen LogP contribution >= 0.6 is 0 Å². The molecule has 4 aromatic carbocycles. The maximum atomic E-state index is 13.8. The number of benzene rings is 4. The van der Waals surface area contributed by atoms with Crippen molar-refractivity contribution < 1.29 is 61.7 Å². The van der Waals surface area contributed by atoms with Crippen molar-refractivity contribution in [1.29, 1.82) is 0 Å². The zero-order chi connectivity index (χ0) is 39.5. The Kier molecular flexibility index (Phi) is 9.59. The summed E-state index contributed by atoms with van der Waals surface area (Å²) in [6.45, 7) is 5.67. The van der Waals surface area contributed by atoms with Gasteiger partial charge in [-0.05, 0) is 38.5 Å². The second-order valence-corrected chi connectivity index (χ2v) is 14.2. The van der Waals surface area contributed by atoms with E-state index >= 15 is 0 Å². The van der Waals surface area contributed by atoms with Crippen molar-refractivity contribution in [2.75, 3.05) is 13.2 Å². The third-order valence-electron chi connectivity index (χ3n) is 10.5. The fourth-order valence-corrected chi connectivity index (χ4v) is 7.66. The lowest BCUT2D eigenvalue weighted by Crippen LogP contribution is -2.54. The van der Waals surface area contributed by atoms with Crippen LogP contribution in [0.2, 0.25) is 0 Å². The summed E-state index contributed by atoms with van der Waals surface area (Å²) in [4.78, 5) is 40.9. The molecule has 2 aromatic heterocycles. The first kappa shape index (κ1) is 37.1. The molecule has 15 heteroatoms. The van der Waals surface area contributed by atoms with E-state index in [1.165, 1.54) is 6.26 Å². The highest BCUT2D eigenvalue weighted by Gasteiger charge is 2.50. The molecular weight excluding hydrogens is 744 g/mol. The molecule has 0 amide bonds. The predicted octanol–water partition coefficient (Wildman–Crippen LogP) is 5.22. The molecule has 2 N–H and O–H groups in total. The molecule has 3 aliphatic heterocycles. The first-order valence-electron chi connectivity index (χ1n) is 18.7. The summed E-state index contributed by atoms with van der Waals surface area (Å²) in [6, 6.07) is 17.3. The van der Waals surface area contributed by atoms with E-state index in [1.807, 2.05) is 30.3 Å². The van der Waals surface area contributed by atoms with Gasteiger partial charge >= 0.3 is 17.2 Å². The van der Waals surface area contributed by atoms with E-state index in [9.17, 15) is 24.6 Å². The molecule has 8 atom stereocenters. The first-order chi connectivity index (χ1) is 27.6. The fraction of sp³-hybridized carbons (Fsp3) is 0.357. The molecule has 2 fully saturated rings. The van der Waals surface area contributed by atoms with Crippen LogP contribution in [-0.4, -0.2) is 72.5 Å². The summed E-state index contributed by atoms with van der Waals surface area (Å²) < 4.78 is 60.8. The van der Waals surface area contributed by atoms with Gasteiger partial charge in [-0.1, -0.05) is 48.5 Å². The zero-order valence-corrected chi connectivity index (χ0v) is 31.0. The number of aliphatic hydroxyl groups excluding tert-OH is 2. The van der Waals surface area contributed by atoms with Gasteiger partial charge in [0.25, 0.3) is 6.29 Å². The van der Waals surface area contributed by atoms with Gasteiger partial charge in [0.15, 0.2) is 35.6 Å². The highest BCUT2D eigenvalue weighted by atomic mass is 16.8. The number of aliphatic hydroxyl groups is 2. The second kappa shape index (κ2) is 14.8. The lowest BCUT2D eigenvalue weighted by atomic mass is 9.95. The maximum absolute atomic E-state index is 13.8. The normalized spacial score (nSPS) is 26.0. The van der Waals surface area contributed by atoms with Crippen molar-refractivity contribution in [3.63, 3.8) is 0 Å². The Balaban J connectivity index is 1.20. The van der Waals surface area contributed by atoms with Gasteiger partial charge < -0.3 is 56.9 Å². The Morgan fingerprint density at radius 3 is 2.47 bits per heavy atom. The number of ether oxygens (including phenoxy) is 8. The number of fused-ring (bicyclic) bond motifs is 3. The molecule has 9 rings (SSSR count). The third kappa shape index (κ3) is 6.45. The minimum absolute atomic E-state index is 0.0110. The van der Waals surface area contributed by atoms with Crippen molar-refractivity contribution >= 4 is 49.5 Å². The minimum atomic E-state index is -1.32. The van der Waals surface area contributed by atoms with E-state index in [2.05, 4.69) is 0 Å². The monoisotopic (exact) mass is 782 g/mol. The average molecular weight is 783 g/mol. The number of aryl methyl sites for hydroxylation is 1.